The summed E-state index contributed by atoms with van der Waals surface area (Å²) in [5.41, 5.74) is 3.51. The first kappa shape index (κ1) is 15.9. The van der Waals surface area contributed by atoms with Gasteiger partial charge in [0, 0.05) is 17.6 Å². The Hall–Kier alpha value is -2.34. The summed E-state index contributed by atoms with van der Waals surface area (Å²) in [5.74, 6) is 0.309. The van der Waals surface area contributed by atoms with E-state index in [0.29, 0.717) is 11.5 Å². The van der Waals surface area contributed by atoms with Gasteiger partial charge in [-0.3, -0.25) is 4.79 Å². The van der Waals surface area contributed by atoms with Crippen LogP contribution in [0.25, 0.3) is 11.0 Å². The van der Waals surface area contributed by atoms with Gasteiger partial charge in [0.15, 0.2) is 0 Å². The number of amides is 1. The molecule has 6 heteroatoms. The van der Waals surface area contributed by atoms with Gasteiger partial charge in [0.05, 0.1) is 11.7 Å². The molecule has 0 N–H and O–H groups in total. The Morgan fingerprint density at radius 2 is 1.69 bits per heavy atom. The van der Waals surface area contributed by atoms with E-state index >= 15 is 0 Å². The number of halogens is 1. The second kappa shape index (κ2) is 6.13. The van der Waals surface area contributed by atoms with Crippen LogP contribution >= 0.6 is 11.7 Å². The zero-order valence-corrected chi connectivity index (χ0v) is 15.0. The third-order valence-electron chi connectivity index (χ3n) is 5.81. The van der Waals surface area contributed by atoms with Gasteiger partial charge in [-0.2, -0.15) is 8.75 Å². The molecule has 3 heterocycles. The van der Waals surface area contributed by atoms with E-state index in [2.05, 4.69) is 13.6 Å². The summed E-state index contributed by atoms with van der Waals surface area (Å²) in [6.07, 6.45) is 4.01. The highest BCUT2D eigenvalue weighted by atomic mass is 32.1. The van der Waals surface area contributed by atoms with Crippen molar-refractivity contribution in [3.63, 3.8) is 0 Å². The smallest absolute Gasteiger partial charge is 0.254 e. The number of hydrogen-bond donors (Lipinski definition) is 0. The van der Waals surface area contributed by atoms with E-state index in [1.807, 2.05) is 30.3 Å². The number of rotatable bonds is 2. The molecular formula is C20H18FN3OS. The molecule has 2 aromatic carbocycles. The first-order valence-electron chi connectivity index (χ1n) is 8.99. The lowest BCUT2D eigenvalue weighted by atomic mass is 9.85. The second-order valence-electron chi connectivity index (χ2n) is 7.29. The molecular weight excluding hydrogens is 349 g/mol. The van der Waals surface area contributed by atoms with Gasteiger partial charge in [-0.25, -0.2) is 4.39 Å². The topological polar surface area (TPSA) is 46.1 Å². The van der Waals surface area contributed by atoms with Gasteiger partial charge >= 0.3 is 0 Å². The quantitative estimate of drug-likeness (QED) is 0.675. The van der Waals surface area contributed by atoms with Crippen molar-refractivity contribution in [1.29, 1.82) is 0 Å². The normalized spacial score (nSPS) is 25.0. The molecule has 5 rings (SSSR count). The van der Waals surface area contributed by atoms with E-state index in [1.165, 1.54) is 29.4 Å². The van der Waals surface area contributed by atoms with Crippen molar-refractivity contribution in [3.8, 4) is 0 Å². The summed E-state index contributed by atoms with van der Waals surface area (Å²) in [6.45, 7) is 0. The summed E-state index contributed by atoms with van der Waals surface area (Å²) < 4.78 is 21.7. The van der Waals surface area contributed by atoms with Gasteiger partial charge < -0.3 is 4.90 Å². The van der Waals surface area contributed by atoms with Crippen LogP contribution in [0.5, 0.6) is 0 Å². The van der Waals surface area contributed by atoms with Crippen molar-refractivity contribution in [2.75, 3.05) is 0 Å². The summed E-state index contributed by atoms with van der Waals surface area (Å²) in [4.78, 5) is 15.2. The summed E-state index contributed by atoms with van der Waals surface area (Å²) in [5, 5.41) is 0. The average Bonchev–Trinajstić information content (AvgIpc) is 3.23. The monoisotopic (exact) mass is 367 g/mol. The predicted octanol–water partition coefficient (Wildman–Crippen LogP) is 4.38. The van der Waals surface area contributed by atoms with Crippen molar-refractivity contribution in [2.45, 2.75) is 43.7 Å². The fourth-order valence-electron chi connectivity index (χ4n) is 4.58. The Bertz CT molecular complexity index is 957. The van der Waals surface area contributed by atoms with Crippen LogP contribution in [-0.4, -0.2) is 31.6 Å². The summed E-state index contributed by atoms with van der Waals surface area (Å²) in [7, 11) is 0. The highest BCUT2D eigenvalue weighted by Gasteiger charge is 2.43. The van der Waals surface area contributed by atoms with Crippen LogP contribution in [0.1, 0.15) is 47.5 Å². The number of carbonyl (C=O) groups excluding carboxylic acids is 1. The minimum Gasteiger partial charge on any atom is -0.333 e. The first-order valence-corrected chi connectivity index (χ1v) is 9.72. The largest absolute Gasteiger partial charge is 0.333 e. The number of benzene rings is 2. The van der Waals surface area contributed by atoms with Crippen molar-refractivity contribution in [2.24, 2.45) is 0 Å². The molecule has 2 unspecified atom stereocenters. The molecule has 2 bridgehead atoms. The number of aromatic nitrogens is 2. The van der Waals surface area contributed by atoms with Crippen LogP contribution in [0, 0.1) is 5.82 Å². The van der Waals surface area contributed by atoms with E-state index in [4.69, 9.17) is 0 Å². The molecule has 0 spiro atoms. The van der Waals surface area contributed by atoms with Crippen LogP contribution in [0.15, 0.2) is 42.5 Å². The van der Waals surface area contributed by atoms with Crippen molar-refractivity contribution in [1.82, 2.24) is 13.6 Å². The molecule has 2 aliphatic rings. The van der Waals surface area contributed by atoms with Crippen molar-refractivity contribution in [3.05, 3.63) is 59.4 Å². The van der Waals surface area contributed by atoms with Gasteiger partial charge in [-0.1, -0.05) is 12.1 Å². The number of carbonyl (C=O) groups is 1. The van der Waals surface area contributed by atoms with Gasteiger partial charge in [0.1, 0.15) is 16.9 Å². The molecule has 2 saturated heterocycles. The zero-order valence-electron chi connectivity index (χ0n) is 14.1. The lowest BCUT2D eigenvalue weighted by Crippen LogP contribution is -2.46. The summed E-state index contributed by atoms with van der Waals surface area (Å²) in [6, 6.07) is 13.0. The predicted molar refractivity (Wildman–Crippen MR) is 98.8 cm³/mol. The zero-order chi connectivity index (χ0) is 17.7. The molecule has 0 radical (unpaired) electrons. The molecule has 26 heavy (non-hydrogen) atoms. The molecule has 2 atom stereocenters. The number of hydrogen-bond acceptors (Lipinski definition) is 4. The van der Waals surface area contributed by atoms with Crippen molar-refractivity contribution < 1.29 is 9.18 Å². The number of nitrogens with zero attached hydrogens (tertiary/aromatic N) is 3. The molecule has 132 valence electrons. The van der Waals surface area contributed by atoms with Crippen LogP contribution in [0.4, 0.5) is 4.39 Å². The average molecular weight is 367 g/mol. The molecule has 1 aromatic heterocycles. The van der Waals surface area contributed by atoms with Gasteiger partial charge in [0.2, 0.25) is 0 Å². The third kappa shape index (κ3) is 2.60. The Morgan fingerprint density at radius 3 is 2.42 bits per heavy atom. The maximum absolute atomic E-state index is 13.2. The number of piperidine rings is 1. The Morgan fingerprint density at radius 1 is 1.00 bits per heavy atom. The maximum Gasteiger partial charge on any atom is 0.254 e. The number of fused-ring (bicyclic) bond motifs is 3. The third-order valence-corrected chi connectivity index (χ3v) is 6.37. The molecule has 2 fully saturated rings. The van der Waals surface area contributed by atoms with E-state index < -0.39 is 0 Å². The first-order chi connectivity index (χ1) is 12.7. The van der Waals surface area contributed by atoms with Crippen LogP contribution in [-0.2, 0) is 0 Å². The molecule has 3 aromatic rings. The summed E-state index contributed by atoms with van der Waals surface area (Å²) >= 11 is 1.17. The second-order valence-corrected chi connectivity index (χ2v) is 7.81. The Labute approximate surface area is 155 Å². The standard InChI is InChI=1S/C20H18FN3OS/c21-15-4-1-12(2-5-15)14-9-16-6-7-17(10-14)24(16)20(25)13-3-8-18-19(11-13)23-26-22-18/h1-5,8,11,14,16-17H,6-7,9-10H2. The fraction of sp³-hybridized carbons (Fsp3) is 0.350. The lowest BCUT2D eigenvalue weighted by molar-refractivity contribution is 0.0571. The van der Waals surface area contributed by atoms with E-state index in [-0.39, 0.29) is 23.8 Å². The van der Waals surface area contributed by atoms with Crippen molar-refractivity contribution >= 4 is 28.7 Å². The SMILES string of the molecule is O=C(c1ccc2nsnc2c1)N1C2CCC1CC(c1ccc(F)cc1)C2. The fourth-order valence-corrected chi connectivity index (χ4v) is 5.10. The molecule has 0 aliphatic carbocycles. The Balaban J connectivity index is 1.39. The van der Waals surface area contributed by atoms with Gasteiger partial charge in [-0.15, -0.1) is 0 Å². The van der Waals surface area contributed by atoms with Gasteiger partial charge in [0.25, 0.3) is 5.91 Å². The molecule has 1 amide bonds. The lowest BCUT2D eigenvalue weighted by Gasteiger charge is -2.39. The maximum atomic E-state index is 13.2. The molecule has 0 saturated carbocycles. The van der Waals surface area contributed by atoms with Crippen LogP contribution < -0.4 is 0 Å². The van der Waals surface area contributed by atoms with E-state index in [1.54, 1.807) is 0 Å². The van der Waals surface area contributed by atoms with Gasteiger partial charge in [-0.05, 0) is 67.5 Å². The van der Waals surface area contributed by atoms with E-state index in [9.17, 15) is 9.18 Å². The minimum atomic E-state index is -0.198. The highest BCUT2D eigenvalue weighted by Crippen LogP contribution is 2.43. The minimum absolute atomic E-state index is 0.102. The van der Waals surface area contributed by atoms with E-state index in [0.717, 1.165) is 36.7 Å². The highest BCUT2D eigenvalue weighted by molar-refractivity contribution is 7.00. The molecule has 2 aliphatic heterocycles. The Kier molecular flexibility index (Phi) is 3.74. The van der Waals surface area contributed by atoms with Crippen LogP contribution in [0.3, 0.4) is 0 Å². The molecule has 4 nitrogen and oxygen atoms in total. The van der Waals surface area contributed by atoms with Crippen LogP contribution in [0.2, 0.25) is 0 Å².